The Morgan fingerprint density at radius 1 is 1.03 bits per heavy atom. The Balaban J connectivity index is 1.63. The van der Waals surface area contributed by atoms with Crippen LogP contribution in [0.4, 0.5) is 17.2 Å². The summed E-state index contributed by atoms with van der Waals surface area (Å²) in [7, 11) is 0. The first-order chi connectivity index (χ1) is 14.2. The van der Waals surface area contributed by atoms with Crippen LogP contribution < -0.4 is 11.1 Å². The molecule has 3 aromatic heterocycles. The summed E-state index contributed by atoms with van der Waals surface area (Å²) >= 11 is 8.98. The molecule has 0 amide bonds. The quantitative estimate of drug-likeness (QED) is 0.234. The predicted octanol–water partition coefficient (Wildman–Crippen LogP) is 5.54. The second-order valence-electron chi connectivity index (χ2n) is 6.38. The molecule has 5 rings (SSSR count). The minimum absolute atomic E-state index is 0.513. The number of nitrogens with two attached hydrogens (primary N) is 1. The van der Waals surface area contributed by atoms with Gasteiger partial charge in [0.1, 0.15) is 0 Å². The molecule has 0 saturated carbocycles. The van der Waals surface area contributed by atoms with Crippen molar-refractivity contribution in [1.82, 2.24) is 24.3 Å². The van der Waals surface area contributed by atoms with Crippen molar-refractivity contribution < 1.29 is 0 Å². The summed E-state index contributed by atoms with van der Waals surface area (Å²) in [5, 5.41) is 15.0. The third-order valence-corrected chi connectivity index (χ3v) is 6.89. The zero-order valence-electron chi connectivity index (χ0n) is 14.8. The average Bonchev–Trinajstić information content (AvgIpc) is 3.32. The van der Waals surface area contributed by atoms with Gasteiger partial charge >= 0.3 is 0 Å². The number of fused-ring (bicyclic) bond motifs is 2. The molecule has 0 fully saturated rings. The van der Waals surface area contributed by atoms with Crippen LogP contribution in [0.2, 0.25) is 5.02 Å². The SMILES string of the molecule is Nc1cncc(-n2nc(Nc3ccc4c(cnn4PI)c3Cl)c3ccccc32)c1. The van der Waals surface area contributed by atoms with Crippen LogP contribution in [-0.4, -0.2) is 24.3 Å². The summed E-state index contributed by atoms with van der Waals surface area (Å²) in [6, 6.07) is 13.8. The molecule has 0 aliphatic carbocycles. The lowest BCUT2D eigenvalue weighted by Gasteiger charge is -2.08. The lowest BCUT2D eigenvalue weighted by atomic mass is 10.2. The Morgan fingerprint density at radius 2 is 1.90 bits per heavy atom. The number of hydrogen-bond donors (Lipinski definition) is 2. The van der Waals surface area contributed by atoms with Gasteiger partial charge in [0, 0.05) is 17.0 Å². The van der Waals surface area contributed by atoms with Gasteiger partial charge in [-0.05, 0) is 52.4 Å². The molecule has 144 valence electrons. The molecule has 5 aromatic rings. The van der Waals surface area contributed by atoms with Gasteiger partial charge in [0.15, 0.2) is 5.82 Å². The normalized spacial score (nSPS) is 11.8. The molecule has 29 heavy (non-hydrogen) atoms. The van der Waals surface area contributed by atoms with Gasteiger partial charge in [-0.15, -0.1) is 5.10 Å². The Bertz CT molecular complexity index is 1360. The van der Waals surface area contributed by atoms with E-state index in [1.165, 1.54) is 0 Å². The first kappa shape index (κ1) is 18.6. The van der Waals surface area contributed by atoms with Gasteiger partial charge in [0.25, 0.3) is 0 Å². The number of nitrogen functional groups attached to an aromatic ring is 1. The third kappa shape index (κ3) is 3.21. The highest BCUT2D eigenvalue weighted by molar-refractivity contribution is 14.2. The number of para-hydroxylation sites is 1. The number of anilines is 3. The number of aromatic nitrogens is 5. The van der Waals surface area contributed by atoms with E-state index in [1.54, 1.807) is 18.6 Å². The van der Waals surface area contributed by atoms with E-state index in [4.69, 9.17) is 22.4 Å². The number of nitrogens with one attached hydrogen (secondary N) is 1. The van der Waals surface area contributed by atoms with Gasteiger partial charge in [0.05, 0.1) is 51.9 Å². The standard InChI is InChI=1S/C19H14ClIN7P/c20-18-14-10-24-28(29-21)17(14)6-5-15(18)25-19-13-3-1-2-4-16(13)27(26-19)12-7-11(22)8-23-9-12/h1-10,29H,22H2,(H,25,26). The highest BCUT2D eigenvalue weighted by atomic mass is 127. The highest BCUT2D eigenvalue weighted by Gasteiger charge is 2.15. The predicted molar refractivity (Wildman–Crippen MR) is 129 cm³/mol. The number of hydrogen-bond acceptors (Lipinski definition) is 5. The summed E-state index contributed by atoms with van der Waals surface area (Å²) in [5.41, 5.74) is 10.0. The molecule has 0 aliphatic rings. The van der Waals surface area contributed by atoms with Gasteiger partial charge in [0.2, 0.25) is 0 Å². The van der Waals surface area contributed by atoms with E-state index in [0.29, 0.717) is 22.9 Å². The molecule has 3 N–H and O–H groups in total. The molecular weight excluding hydrogens is 520 g/mol. The smallest absolute Gasteiger partial charge is 0.160 e. The maximum Gasteiger partial charge on any atom is 0.160 e. The van der Waals surface area contributed by atoms with Crippen LogP contribution in [0.3, 0.4) is 0 Å². The van der Waals surface area contributed by atoms with Crippen LogP contribution in [0.1, 0.15) is 0 Å². The molecule has 2 aromatic carbocycles. The Hall–Kier alpha value is -2.42. The maximum atomic E-state index is 6.68. The van der Waals surface area contributed by atoms with Crippen molar-refractivity contribution >= 4 is 79.0 Å². The molecule has 0 saturated heterocycles. The summed E-state index contributed by atoms with van der Waals surface area (Å²) in [5.74, 6) is 0.701. The number of nitrogens with zero attached hydrogens (tertiary/aromatic N) is 5. The minimum Gasteiger partial charge on any atom is -0.397 e. The second kappa shape index (κ2) is 7.44. The van der Waals surface area contributed by atoms with Crippen molar-refractivity contribution in [3.05, 3.63) is 66.1 Å². The number of halogens is 2. The van der Waals surface area contributed by atoms with E-state index in [9.17, 15) is 0 Å². The zero-order chi connectivity index (χ0) is 20.0. The second-order valence-corrected chi connectivity index (χ2v) is 8.80. The highest BCUT2D eigenvalue weighted by Crippen LogP contribution is 2.37. The first-order valence-electron chi connectivity index (χ1n) is 8.64. The zero-order valence-corrected chi connectivity index (χ0v) is 18.8. The topological polar surface area (TPSA) is 86.6 Å². The van der Waals surface area contributed by atoms with Crippen LogP contribution in [0, 0.1) is 0 Å². The maximum absolute atomic E-state index is 6.68. The summed E-state index contributed by atoms with van der Waals surface area (Å²) in [6.07, 6.45) is 5.65. The van der Waals surface area contributed by atoms with Gasteiger partial charge in [-0.2, -0.15) is 5.10 Å². The first-order valence-corrected chi connectivity index (χ1v) is 13.1. The molecule has 7 nitrogen and oxygen atoms in total. The third-order valence-electron chi connectivity index (χ3n) is 4.60. The minimum atomic E-state index is 0.513. The van der Waals surface area contributed by atoms with Gasteiger partial charge in [-0.3, -0.25) is 4.98 Å². The fraction of sp³-hybridized carbons (Fsp3) is 0. The molecule has 0 spiro atoms. The van der Waals surface area contributed by atoms with Crippen molar-refractivity contribution in [3.8, 4) is 5.69 Å². The summed E-state index contributed by atoms with van der Waals surface area (Å²) < 4.78 is 3.76. The molecule has 0 aliphatic heterocycles. The van der Waals surface area contributed by atoms with E-state index in [-0.39, 0.29) is 0 Å². The molecule has 0 radical (unpaired) electrons. The summed E-state index contributed by atoms with van der Waals surface area (Å²) in [4.78, 5) is 4.18. The van der Waals surface area contributed by atoms with Crippen LogP contribution in [-0.2, 0) is 0 Å². The summed E-state index contributed by atoms with van der Waals surface area (Å²) in [6.45, 7) is 0. The van der Waals surface area contributed by atoms with Crippen molar-refractivity contribution in [2.45, 2.75) is 0 Å². The fourth-order valence-electron chi connectivity index (χ4n) is 3.28. The van der Waals surface area contributed by atoms with Gasteiger partial charge in [-0.1, -0.05) is 23.7 Å². The Labute approximate surface area is 185 Å². The van der Waals surface area contributed by atoms with Crippen LogP contribution in [0.25, 0.3) is 27.5 Å². The van der Waals surface area contributed by atoms with E-state index >= 15 is 0 Å². The molecule has 1 unspecified atom stereocenters. The average molecular weight is 534 g/mol. The molecular formula is C19H14ClIN7P. The number of benzene rings is 2. The molecule has 3 heterocycles. The van der Waals surface area contributed by atoms with Crippen LogP contribution >= 0.6 is 40.0 Å². The Morgan fingerprint density at radius 3 is 2.72 bits per heavy atom. The molecule has 10 heteroatoms. The van der Waals surface area contributed by atoms with Crippen molar-refractivity contribution in [3.63, 3.8) is 0 Å². The van der Waals surface area contributed by atoms with Crippen molar-refractivity contribution in [1.29, 1.82) is 0 Å². The van der Waals surface area contributed by atoms with Crippen molar-refractivity contribution in [2.24, 2.45) is 0 Å². The van der Waals surface area contributed by atoms with E-state index in [0.717, 1.165) is 33.2 Å². The van der Waals surface area contributed by atoms with E-state index in [2.05, 4.69) is 37.4 Å². The van der Waals surface area contributed by atoms with Crippen molar-refractivity contribution in [2.75, 3.05) is 11.1 Å². The van der Waals surface area contributed by atoms with Gasteiger partial charge in [-0.25, -0.2) is 9.13 Å². The van der Waals surface area contributed by atoms with Crippen LogP contribution in [0.5, 0.6) is 0 Å². The lowest BCUT2D eigenvalue weighted by molar-refractivity contribution is 0.908. The lowest BCUT2D eigenvalue weighted by Crippen LogP contribution is -2.00. The van der Waals surface area contributed by atoms with Crippen LogP contribution in [0.15, 0.2) is 61.1 Å². The monoisotopic (exact) mass is 533 g/mol. The Kier molecular flexibility index (Phi) is 4.77. The van der Waals surface area contributed by atoms with E-state index in [1.807, 2.05) is 51.6 Å². The van der Waals surface area contributed by atoms with E-state index < -0.39 is 0 Å². The van der Waals surface area contributed by atoms with Gasteiger partial charge < -0.3 is 11.1 Å². The largest absolute Gasteiger partial charge is 0.397 e. The molecule has 0 bridgehead atoms. The molecule has 1 atom stereocenters. The number of rotatable bonds is 4. The number of pyridine rings is 1. The fourth-order valence-corrected chi connectivity index (χ4v) is 5.07.